The van der Waals surface area contributed by atoms with E-state index in [0.29, 0.717) is 16.7 Å². The molecule has 13 heteroatoms. The molecule has 0 radical (unpaired) electrons. The summed E-state index contributed by atoms with van der Waals surface area (Å²) in [7, 11) is 1.19. The highest BCUT2D eigenvalue weighted by Crippen LogP contribution is 2.37. The van der Waals surface area contributed by atoms with Gasteiger partial charge in [-0.1, -0.05) is 12.1 Å². The zero-order chi connectivity index (χ0) is 29.4. The third-order valence-corrected chi connectivity index (χ3v) is 5.92. The van der Waals surface area contributed by atoms with Crippen molar-refractivity contribution in [2.45, 2.75) is 25.3 Å². The Morgan fingerprint density at radius 1 is 0.950 bits per heavy atom. The minimum atomic E-state index is -5.13. The molecule has 0 fully saturated rings. The van der Waals surface area contributed by atoms with Crippen LogP contribution >= 0.6 is 0 Å². The Labute approximate surface area is 220 Å². The van der Waals surface area contributed by atoms with Crippen LogP contribution in [0.1, 0.15) is 22.3 Å². The fourth-order valence-corrected chi connectivity index (χ4v) is 4.09. The second kappa shape index (κ2) is 10.5. The monoisotopic (exact) mass is 568 g/mol. The smallest absolute Gasteiger partial charge is 0.417 e. The van der Waals surface area contributed by atoms with Crippen LogP contribution in [0.5, 0.6) is 5.75 Å². The van der Waals surface area contributed by atoms with Crippen LogP contribution in [0.25, 0.3) is 22.6 Å². The number of hydrogen-bond acceptors (Lipinski definition) is 4. The van der Waals surface area contributed by atoms with E-state index in [4.69, 9.17) is 9.15 Å². The first-order chi connectivity index (χ1) is 18.7. The van der Waals surface area contributed by atoms with E-state index in [-0.39, 0.29) is 33.8 Å². The highest BCUT2D eigenvalue weighted by Gasteiger charge is 2.37. The summed E-state index contributed by atoms with van der Waals surface area (Å²) < 4.78 is 119. The lowest BCUT2D eigenvalue weighted by atomic mass is 10.0. The summed E-state index contributed by atoms with van der Waals surface area (Å²) in [6.07, 6.45) is -9.96. The minimum Gasteiger partial charge on any atom is -0.496 e. The predicted octanol–water partition coefficient (Wildman–Crippen LogP) is 7.11. The molecule has 0 N–H and O–H groups in total. The van der Waals surface area contributed by atoms with E-state index in [2.05, 4.69) is 0 Å². The second-order valence-corrected chi connectivity index (χ2v) is 8.57. The Balaban J connectivity index is 1.89. The van der Waals surface area contributed by atoms with Crippen molar-refractivity contribution in [3.8, 4) is 34.4 Å². The summed E-state index contributed by atoms with van der Waals surface area (Å²) in [4.78, 5) is 13.1. The molecule has 5 nitrogen and oxygen atoms in total. The van der Waals surface area contributed by atoms with Gasteiger partial charge in [0, 0.05) is 22.8 Å². The SMILES string of the molecule is COc1ccc(-c2coc(-c3cc(C(F)(F)F)c(C#N)c(=O)n3Cc3ccc(F)cc3F)c2)cc1CC(F)(F)F. The van der Waals surface area contributed by atoms with Crippen LogP contribution in [0, 0.1) is 23.0 Å². The molecular weight excluding hydrogens is 552 g/mol. The van der Waals surface area contributed by atoms with Gasteiger partial charge < -0.3 is 9.15 Å². The fraction of sp³-hybridized carbons (Fsp3) is 0.185. The molecular formula is C27H16F8N2O3. The van der Waals surface area contributed by atoms with E-state index in [1.807, 2.05) is 0 Å². The van der Waals surface area contributed by atoms with E-state index in [9.17, 15) is 45.2 Å². The standard InChI is InChI=1S/C27H16F8N2O3/c1-39-23-5-3-14(6-16(23)10-26(30,31)32)17-7-24(40-13-17)22-9-20(27(33,34)35)19(11-36)25(38)37(22)12-15-2-4-18(28)8-21(15)29/h2-9,13H,10,12H2,1H3. The highest BCUT2D eigenvalue weighted by molar-refractivity contribution is 5.70. The summed E-state index contributed by atoms with van der Waals surface area (Å²) in [5, 5.41) is 9.31. The van der Waals surface area contributed by atoms with E-state index >= 15 is 0 Å². The molecule has 0 aliphatic rings. The summed E-state index contributed by atoms with van der Waals surface area (Å²) in [6, 6.07) is 9.11. The molecule has 0 amide bonds. The molecule has 40 heavy (non-hydrogen) atoms. The molecule has 208 valence electrons. The largest absolute Gasteiger partial charge is 0.496 e. The van der Waals surface area contributed by atoms with Crippen LogP contribution in [0.15, 0.2) is 64.0 Å². The van der Waals surface area contributed by atoms with Crippen LogP contribution in [0.3, 0.4) is 0 Å². The van der Waals surface area contributed by atoms with Gasteiger partial charge in [-0.2, -0.15) is 31.6 Å². The van der Waals surface area contributed by atoms with Gasteiger partial charge in [-0.15, -0.1) is 0 Å². The van der Waals surface area contributed by atoms with Gasteiger partial charge in [0.1, 0.15) is 29.0 Å². The van der Waals surface area contributed by atoms with Gasteiger partial charge in [-0.05, 0) is 35.9 Å². The second-order valence-electron chi connectivity index (χ2n) is 8.57. The van der Waals surface area contributed by atoms with E-state index in [1.165, 1.54) is 37.4 Å². The summed E-state index contributed by atoms with van der Waals surface area (Å²) in [5.41, 5.74) is -4.88. The zero-order valence-corrected chi connectivity index (χ0v) is 20.3. The molecule has 0 spiro atoms. The van der Waals surface area contributed by atoms with E-state index in [1.54, 1.807) is 0 Å². The van der Waals surface area contributed by atoms with Gasteiger partial charge in [0.05, 0.1) is 37.6 Å². The van der Waals surface area contributed by atoms with Gasteiger partial charge in [0.2, 0.25) is 0 Å². The molecule has 2 aromatic carbocycles. The van der Waals surface area contributed by atoms with Crippen LogP contribution in [0.4, 0.5) is 35.1 Å². The van der Waals surface area contributed by atoms with Crippen molar-refractivity contribution in [1.29, 1.82) is 5.26 Å². The average Bonchev–Trinajstić information content (AvgIpc) is 3.35. The maximum Gasteiger partial charge on any atom is 0.417 e. The topological polar surface area (TPSA) is 68.2 Å². The lowest BCUT2D eigenvalue weighted by Crippen LogP contribution is -2.29. The first kappa shape index (κ1) is 28.4. The Hall–Kier alpha value is -4.60. The quantitative estimate of drug-likeness (QED) is 0.233. The molecule has 0 bridgehead atoms. The Bertz CT molecular complexity index is 1680. The summed E-state index contributed by atoms with van der Waals surface area (Å²) in [5.74, 6) is -2.40. The predicted molar refractivity (Wildman–Crippen MR) is 125 cm³/mol. The number of pyridine rings is 1. The molecule has 0 aliphatic carbocycles. The molecule has 0 saturated heterocycles. The zero-order valence-electron chi connectivity index (χ0n) is 20.3. The number of aromatic nitrogens is 1. The highest BCUT2D eigenvalue weighted by atomic mass is 19.4. The number of benzene rings is 2. The molecule has 0 saturated carbocycles. The number of furan rings is 1. The number of nitrogens with zero attached hydrogens (tertiary/aromatic N) is 2. The van der Waals surface area contributed by atoms with Crippen molar-refractivity contribution in [2.75, 3.05) is 7.11 Å². The number of rotatable bonds is 6. The lowest BCUT2D eigenvalue weighted by Gasteiger charge is -2.16. The third-order valence-electron chi connectivity index (χ3n) is 5.92. The van der Waals surface area contributed by atoms with E-state index < -0.39 is 59.3 Å². The summed E-state index contributed by atoms with van der Waals surface area (Å²) in [6.45, 7) is -0.693. The van der Waals surface area contributed by atoms with Crippen molar-refractivity contribution in [3.05, 3.63) is 99.0 Å². The van der Waals surface area contributed by atoms with Gasteiger partial charge in [-0.3, -0.25) is 9.36 Å². The fourth-order valence-electron chi connectivity index (χ4n) is 4.09. The molecule has 0 aliphatic heterocycles. The van der Waals surface area contributed by atoms with Crippen molar-refractivity contribution in [3.63, 3.8) is 0 Å². The first-order valence-corrected chi connectivity index (χ1v) is 11.2. The van der Waals surface area contributed by atoms with Crippen molar-refractivity contribution in [1.82, 2.24) is 4.57 Å². The van der Waals surface area contributed by atoms with Crippen LogP contribution < -0.4 is 10.3 Å². The third kappa shape index (κ3) is 5.85. The van der Waals surface area contributed by atoms with Gasteiger partial charge in [0.15, 0.2) is 5.76 Å². The van der Waals surface area contributed by atoms with Gasteiger partial charge in [-0.25, -0.2) is 8.78 Å². The van der Waals surface area contributed by atoms with Crippen LogP contribution in [-0.2, 0) is 19.1 Å². The normalized spacial score (nSPS) is 11.9. The number of halogens is 8. The number of hydrogen-bond donors (Lipinski definition) is 0. The van der Waals surface area contributed by atoms with Gasteiger partial charge in [0.25, 0.3) is 5.56 Å². The first-order valence-electron chi connectivity index (χ1n) is 11.2. The Morgan fingerprint density at radius 3 is 2.27 bits per heavy atom. The Morgan fingerprint density at radius 2 is 1.68 bits per heavy atom. The maximum absolute atomic E-state index is 14.4. The molecule has 0 atom stereocenters. The maximum atomic E-state index is 14.4. The van der Waals surface area contributed by atoms with Crippen LogP contribution in [-0.4, -0.2) is 17.9 Å². The number of ether oxygens (including phenoxy) is 1. The lowest BCUT2D eigenvalue weighted by molar-refractivity contribution is -0.138. The molecule has 2 aromatic heterocycles. The molecule has 2 heterocycles. The molecule has 0 unspecified atom stereocenters. The minimum absolute atomic E-state index is 0.0399. The Kier molecular flexibility index (Phi) is 7.47. The average molecular weight is 568 g/mol. The number of alkyl halides is 6. The van der Waals surface area contributed by atoms with Crippen LogP contribution in [0.2, 0.25) is 0 Å². The number of nitriles is 1. The van der Waals surface area contributed by atoms with Crippen molar-refractivity contribution >= 4 is 0 Å². The summed E-state index contributed by atoms with van der Waals surface area (Å²) >= 11 is 0. The van der Waals surface area contributed by atoms with Gasteiger partial charge >= 0.3 is 12.4 Å². The van der Waals surface area contributed by atoms with E-state index in [0.717, 1.165) is 18.4 Å². The van der Waals surface area contributed by atoms with Crippen molar-refractivity contribution in [2.24, 2.45) is 0 Å². The van der Waals surface area contributed by atoms with Crippen molar-refractivity contribution < 1.29 is 44.3 Å². The molecule has 4 aromatic rings. The number of methoxy groups -OCH3 is 1. The molecule has 4 rings (SSSR count).